The minimum absolute atomic E-state index is 0.246. The Bertz CT molecular complexity index is 686. The van der Waals surface area contributed by atoms with Crippen molar-refractivity contribution in [1.82, 2.24) is 10.3 Å². The van der Waals surface area contributed by atoms with Gasteiger partial charge in [0.2, 0.25) is 11.8 Å². The van der Waals surface area contributed by atoms with Gasteiger partial charge in [-0.25, -0.2) is 5.01 Å². The van der Waals surface area contributed by atoms with Gasteiger partial charge in [-0.1, -0.05) is 23.9 Å². The number of carbonyl (C=O) groups excluding carboxylic acids is 3. The summed E-state index contributed by atoms with van der Waals surface area (Å²) in [6.07, 6.45) is 0. The normalized spacial score (nSPS) is 20.0. The smallest absolute Gasteiger partial charge is 0.308 e. The van der Waals surface area contributed by atoms with E-state index in [1.807, 2.05) is 6.92 Å². The van der Waals surface area contributed by atoms with Gasteiger partial charge in [-0.2, -0.15) is 0 Å². The van der Waals surface area contributed by atoms with Gasteiger partial charge >= 0.3 is 5.97 Å². The lowest BCUT2D eigenvalue weighted by Crippen LogP contribution is -2.37. The van der Waals surface area contributed by atoms with E-state index in [-0.39, 0.29) is 11.8 Å². The van der Waals surface area contributed by atoms with Crippen LogP contribution in [0.1, 0.15) is 33.3 Å². The molecule has 0 radical (unpaired) electrons. The molecule has 0 aromatic heterocycles. The molecular weight excluding hydrogens is 318 g/mol. The fourth-order valence-corrected chi connectivity index (χ4v) is 3.39. The average Bonchev–Trinajstić information content (AvgIpc) is 2.76. The number of amidine groups is 1. The van der Waals surface area contributed by atoms with Crippen LogP contribution in [-0.2, 0) is 19.3 Å². The van der Waals surface area contributed by atoms with E-state index in [2.05, 4.69) is 10.4 Å². The lowest BCUT2D eigenvalue weighted by atomic mass is 10.1. The number of nitrogens with zero attached hydrogens (tertiary/aromatic N) is 2. The lowest BCUT2D eigenvalue weighted by Gasteiger charge is -2.31. The molecule has 2 rings (SSSR count). The summed E-state index contributed by atoms with van der Waals surface area (Å²) in [5.74, 6) is -0.482. The third-order valence-electron chi connectivity index (χ3n) is 3.12. The number of hydrazone groups is 1. The second kappa shape index (κ2) is 6.41. The third-order valence-corrected chi connectivity index (χ3v) is 4.31. The van der Waals surface area contributed by atoms with Gasteiger partial charge < -0.3 is 10.1 Å². The zero-order valence-electron chi connectivity index (χ0n) is 13.2. The molecule has 23 heavy (non-hydrogen) atoms. The first-order valence-corrected chi connectivity index (χ1v) is 7.69. The van der Waals surface area contributed by atoms with Gasteiger partial charge in [0, 0.05) is 20.8 Å². The van der Waals surface area contributed by atoms with Crippen LogP contribution in [0.3, 0.4) is 0 Å². The van der Waals surface area contributed by atoms with Gasteiger partial charge in [0.25, 0.3) is 0 Å². The third kappa shape index (κ3) is 3.70. The highest BCUT2D eigenvalue weighted by Crippen LogP contribution is 2.45. The molecule has 2 amide bonds. The van der Waals surface area contributed by atoms with Crippen molar-refractivity contribution >= 4 is 34.7 Å². The number of carbonyl (C=O) groups is 3. The zero-order chi connectivity index (χ0) is 17.2. The molecule has 0 spiro atoms. The van der Waals surface area contributed by atoms with E-state index < -0.39 is 10.8 Å². The van der Waals surface area contributed by atoms with Crippen LogP contribution in [-0.4, -0.2) is 28.0 Å². The monoisotopic (exact) mass is 335 g/mol. The second-order valence-electron chi connectivity index (χ2n) is 5.12. The molecule has 1 heterocycles. The van der Waals surface area contributed by atoms with Crippen molar-refractivity contribution in [2.45, 2.75) is 32.6 Å². The molecule has 1 atom stereocenters. The molecule has 1 aromatic rings. The molecule has 1 aliphatic heterocycles. The van der Waals surface area contributed by atoms with E-state index in [0.717, 1.165) is 5.56 Å². The van der Waals surface area contributed by atoms with Crippen LogP contribution >= 0.6 is 11.8 Å². The lowest BCUT2D eigenvalue weighted by molar-refractivity contribution is -0.132. The van der Waals surface area contributed by atoms with Crippen LogP contribution in [0.4, 0.5) is 0 Å². The molecule has 8 heteroatoms. The van der Waals surface area contributed by atoms with Crippen LogP contribution in [0.15, 0.2) is 29.4 Å². The van der Waals surface area contributed by atoms with Gasteiger partial charge in [-0.05, 0) is 24.6 Å². The largest absolute Gasteiger partial charge is 0.427 e. The maximum absolute atomic E-state index is 11.9. The predicted molar refractivity (Wildman–Crippen MR) is 86.5 cm³/mol. The first kappa shape index (κ1) is 17.0. The maximum atomic E-state index is 11.9. The molecular formula is C15H17N3O4S. The standard InChI is InChI=1S/C15H17N3O4S/c1-9(19)16-14-17-18(10(2)20)15(4,23-14)12-5-7-13(8-6-12)22-11(3)21/h5-8H,1-4H3,(H,16,17,19). The van der Waals surface area contributed by atoms with Gasteiger partial charge in [-0.15, -0.1) is 5.10 Å². The molecule has 1 aromatic carbocycles. The molecule has 0 saturated carbocycles. The maximum Gasteiger partial charge on any atom is 0.308 e. The summed E-state index contributed by atoms with van der Waals surface area (Å²) in [7, 11) is 0. The van der Waals surface area contributed by atoms with Crippen molar-refractivity contribution in [1.29, 1.82) is 0 Å². The van der Waals surface area contributed by atoms with E-state index in [9.17, 15) is 14.4 Å². The molecule has 0 fully saturated rings. The van der Waals surface area contributed by atoms with Crippen molar-refractivity contribution in [3.63, 3.8) is 0 Å². The highest BCUT2D eigenvalue weighted by Gasteiger charge is 2.43. The van der Waals surface area contributed by atoms with Crippen molar-refractivity contribution in [2.75, 3.05) is 0 Å². The summed E-state index contributed by atoms with van der Waals surface area (Å²) >= 11 is 1.27. The topological polar surface area (TPSA) is 88.1 Å². The Morgan fingerprint density at radius 3 is 2.26 bits per heavy atom. The number of ether oxygens (including phenoxy) is 1. The highest BCUT2D eigenvalue weighted by molar-refractivity contribution is 8.14. The number of rotatable bonds is 2. The summed E-state index contributed by atoms with van der Waals surface area (Å²) in [6, 6.07) is 6.81. The molecule has 7 nitrogen and oxygen atoms in total. The van der Waals surface area contributed by atoms with Crippen molar-refractivity contribution in [3.05, 3.63) is 29.8 Å². The summed E-state index contributed by atoms with van der Waals surface area (Å²) in [4.78, 5) is 33.3. The molecule has 0 bridgehead atoms. The molecule has 1 unspecified atom stereocenters. The Morgan fingerprint density at radius 2 is 1.78 bits per heavy atom. The molecule has 122 valence electrons. The number of esters is 1. The quantitative estimate of drug-likeness (QED) is 0.657. The highest BCUT2D eigenvalue weighted by atomic mass is 32.2. The second-order valence-corrected chi connectivity index (χ2v) is 6.51. The summed E-state index contributed by atoms with van der Waals surface area (Å²) in [6.45, 7) is 5.95. The number of thioether (sulfide) groups is 1. The molecule has 1 aliphatic rings. The predicted octanol–water partition coefficient (Wildman–Crippen LogP) is 1.79. The fraction of sp³-hybridized carbons (Fsp3) is 0.333. The Balaban J connectivity index is 2.30. The van der Waals surface area contributed by atoms with E-state index in [1.54, 1.807) is 24.3 Å². The first-order chi connectivity index (χ1) is 10.7. The Kier molecular flexibility index (Phi) is 4.74. The van der Waals surface area contributed by atoms with E-state index in [0.29, 0.717) is 10.9 Å². The van der Waals surface area contributed by atoms with Crippen molar-refractivity contribution in [3.8, 4) is 5.75 Å². The van der Waals surface area contributed by atoms with E-state index >= 15 is 0 Å². The summed E-state index contributed by atoms with van der Waals surface area (Å²) in [5, 5.41) is 8.46. The molecule has 0 aliphatic carbocycles. The number of nitrogens with one attached hydrogen (secondary N) is 1. The SMILES string of the molecule is CC(=O)NC1=NN(C(C)=O)C(C)(c2ccc(OC(C)=O)cc2)S1. The Morgan fingerprint density at radius 1 is 1.17 bits per heavy atom. The van der Waals surface area contributed by atoms with Gasteiger partial charge in [0.15, 0.2) is 5.17 Å². The van der Waals surface area contributed by atoms with Crippen LogP contribution in [0.25, 0.3) is 0 Å². The van der Waals surface area contributed by atoms with Crippen LogP contribution in [0, 0.1) is 0 Å². The van der Waals surface area contributed by atoms with Crippen LogP contribution < -0.4 is 10.1 Å². The van der Waals surface area contributed by atoms with Gasteiger partial charge in [-0.3, -0.25) is 14.4 Å². The van der Waals surface area contributed by atoms with Crippen LogP contribution in [0.2, 0.25) is 0 Å². The number of amides is 2. The zero-order valence-corrected chi connectivity index (χ0v) is 14.1. The molecule has 1 N–H and O–H groups in total. The molecule has 0 saturated heterocycles. The summed E-state index contributed by atoms with van der Waals surface area (Å²) < 4.78 is 5.00. The van der Waals surface area contributed by atoms with Gasteiger partial charge in [0.05, 0.1) is 0 Å². The van der Waals surface area contributed by atoms with Gasteiger partial charge in [0.1, 0.15) is 10.6 Å². The van der Waals surface area contributed by atoms with Crippen LogP contribution in [0.5, 0.6) is 5.75 Å². The number of hydrogen-bond donors (Lipinski definition) is 1. The van der Waals surface area contributed by atoms with Crippen molar-refractivity contribution < 1.29 is 19.1 Å². The fourth-order valence-electron chi connectivity index (χ4n) is 2.19. The minimum atomic E-state index is -0.793. The van der Waals surface area contributed by atoms with E-state index in [4.69, 9.17) is 4.74 Å². The first-order valence-electron chi connectivity index (χ1n) is 6.87. The van der Waals surface area contributed by atoms with E-state index in [1.165, 1.54) is 37.5 Å². The number of benzene rings is 1. The Hall–Kier alpha value is -2.35. The Labute approximate surface area is 138 Å². The minimum Gasteiger partial charge on any atom is -0.427 e. The average molecular weight is 335 g/mol. The number of hydrogen-bond acceptors (Lipinski definition) is 6. The van der Waals surface area contributed by atoms with Crippen molar-refractivity contribution in [2.24, 2.45) is 5.10 Å². The summed E-state index contributed by atoms with van der Waals surface area (Å²) in [5.41, 5.74) is 0.790.